The third-order valence-corrected chi connectivity index (χ3v) is 4.66. The predicted molar refractivity (Wildman–Crippen MR) is 91.5 cm³/mol. The van der Waals surface area contributed by atoms with E-state index < -0.39 is 0 Å². The van der Waals surface area contributed by atoms with Gasteiger partial charge in [0.25, 0.3) is 0 Å². The number of halogens is 1. The Labute approximate surface area is 133 Å². The van der Waals surface area contributed by atoms with Crippen molar-refractivity contribution in [1.82, 2.24) is 10.3 Å². The summed E-state index contributed by atoms with van der Waals surface area (Å²) in [5, 5.41) is 4.62. The van der Waals surface area contributed by atoms with Gasteiger partial charge in [0, 0.05) is 16.1 Å². The molecule has 21 heavy (non-hydrogen) atoms. The summed E-state index contributed by atoms with van der Waals surface area (Å²) in [6, 6.07) is 17.1. The van der Waals surface area contributed by atoms with Crippen LogP contribution in [0.5, 0.6) is 0 Å². The lowest BCUT2D eigenvalue weighted by Crippen LogP contribution is -2.18. The fourth-order valence-corrected chi connectivity index (χ4v) is 3.07. The van der Waals surface area contributed by atoms with E-state index in [1.165, 1.54) is 22.1 Å². The van der Waals surface area contributed by atoms with Gasteiger partial charge in [0.1, 0.15) is 0 Å². The highest BCUT2D eigenvalue weighted by molar-refractivity contribution is 9.10. The number of aryl methyl sites for hydroxylation is 1. The van der Waals surface area contributed by atoms with Crippen LogP contribution in [0.2, 0.25) is 0 Å². The summed E-state index contributed by atoms with van der Waals surface area (Å²) >= 11 is 3.63. The minimum Gasteiger partial charge on any atom is -0.309 e. The third-order valence-electron chi connectivity index (χ3n) is 3.81. The summed E-state index contributed by atoms with van der Waals surface area (Å²) in [6.45, 7) is 2.10. The minimum absolute atomic E-state index is 0.148. The lowest BCUT2D eigenvalue weighted by Gasteiger charge is -2.20. The van der Waals surface area contributed by atoms with Crippen molar-refractivity contribution in [3.05, 3.63) is 75.9 Å². The van der Waals surface area contributed by atoms with Gasteiger partial charge in [-0.15, -0.1) is 0 Å². The molecule has 1 heterocycles. The standard InChI is InChI=1S/C18H17BrN2/c1-12-8-9-13(11-16(12)19)18(20-2)15-5-3-7-17-14(15)6-4-10-21-17/h3-11,18,20H,1-2H3. The summed E-state index contributed by atoms with van der Waals surface area (Å²) < 4.78 is 1.14. The second-order valence-electron chi connectivity index (χ2n) is 5.15. The molecular formula is C18H17BrN2. The van der Waals surface area contributed by atoms with Crippen molar-refractivity contribution in [2.24, 2.45) is 0 Å². The van der Waals surface area contributed by atoms with Crippen molar-refractivity contribution >= 4 is 26.8 Å². The Morgan fingerprint density at radius 2 is 1.95 bits per heavy atom. The molecule has 0 aliphatic carbocycles. The molecule has 3 rings (SSSR count). The van der Waals surface area contributed by atoms with Gasteiger partial charge < -0.3 is 5.32 Å². The molecule has 1 aromatic heterocycles. The molecule has 3 heteroatoms. The zero-order valence-electron chi connectivity index (χ0n) is 12.1. The Morgan fingerprint density at radius 3 is 2.71 bits per heavy atom. The van der Waals surface area contributed by atoms with E-state index in [4.69, 9.17) is 0 Å². The Bertz CT molecular complexity index is 778. The fraction of sp³-hybridized carbons (Fsp3) is 0.167. The van der Waals surface area contributed by atoms with Gasteiger partial charge in [-0.1, -0.05) is 46.3 Å². The molecule has 0 spiro atoms. The molecule has 0 saturated heterocycles. The number of benzene rings is 2. The van der Waals surface area contributed by atoms with Gasteiger partial charge >= 0.3 is 0 Å². The van der Waals surface area contributed by atoms with Crippen LogP contribution in [0.15, 0.2) is 59.2 Å². The van der Waals surface area contributed by atoms with Crippen LogP contribution in [0.25, 0.3) is 10.9 Å². The van der Waals surface area contributed by atoms with E-state index >= 15 is 0 Å². The van der Waals surface area contributed by atoms with Gasteiger partial charge in [-0.05, 0) is 48.9 Å². The van der Waals surface area contributed by atoms with E-state index in [-0.39, 0.29) is 6.04 Å². The van der Waals surface area contributed by atoms with Gasteiger partial charge in [-0.25, -0.2) is 0 Å². The topological polar surface area (TPSA) is 24.9 Å². The average Bonchev–Trinajstić information content (AvgIpc) is 2.52. The lowest BCUT2D eigenvalue weighted by molar-refractivity contribution is 0.696. The van der Waals surface area contributed by atoms with Crippen LogP contribution >= 0.6 is 15.9 Å². The summed E-state index contributed by atoms with van der Waals surface area (Å²) in [4.78, 5) is 4.45. The summed E-state index contributed by atoms with van der Waals surface area (Å²) in [5.41, 5.74) is 4.76. The zero-order chi connectivity index (χ0) is 14.8. The van der Waals surface area contributed by atoms with Crippen molar-refractivity contribution in [1.29, 1.82) is 0 Å². The largest absolute Gasteiger partial charge is 0.309 e. The van der Waals surface area contributed by atoms with Crippen LogP contribution < -0.4 is 5.32 Å². The van der Waals surface area contributed by atoms with Gasteiger partial charge in [-0.2, -0.15) is 0 Å². The molecule has 0 bridgehead atoms. The maximum Gasteiger partial charge on any atom is 0.0705 e. The quantitative estimate of drug-likeness (QED) is 0.752. The molecule has 2 aromatic carbocycles. The van der Waals surface area contributed by atoms with Crippen LogP contribution in [0.4, 0.5) is 0 Å². The molecule has 106 valence electrons. The number of hydrogen-bond donors (Lipinski definition) is 1. The smallest absolute Gasteiger partial charge is 0.0705 e. The number of fused-ring (bicyclic) bond motifs is 1. The van der Waals surface area contributed by atoms with Crippen LogP contribution in [0.1, 0.15) is 22.7 Å². The molecule has 0 aliphatic rings. The van der Waals surface area contributed by atoms with Crippen molar-refractivity contribution in [2.45, 2.75) is 13.0 Å². The maximum atomic E-state index is 4.45. The van der Waals surface area contributed by atoms with Crippen molar-refractivity contribution < 1.29 is 0 Å². The predicted octanol–water partition coefficient (Wildman–Crippen LogP) is 4.61. The Hall–Kier alpha value is -1.71. The molecule has 0 saturated carbocycles. The first kappa shape index (κ1) is 14.2. The maximum absolute atomic E-state index is 4.45. The van der Waals surface area contributed by atoms with Crippen LogP contribution in [-0.4, -0.2) is 12.0 Å². The van der Waals surface area contributed by atoms with Gasteiger partial charge in [0.05, 0.1) is 11.6 Å². The number of nitrogens with zero attached hydrogens (tertiary/aromatic N) is 1. The zero-order valence-corrected chi connectivity index (χ0v) is 13.7. The molecule has 1 unspecified atom stereocenters. The van der Waals surface area contributed by atoms with E-state index in [1.807, 2.05) is 19.3 Å². The first-order valence-electron chi connectivity index (χ1n) is 6.97. The van der Waals surface area contributed by atoms with Crippen LogP contribution in [0, 0.1) is 6.92 Å². The van der Waals surface area contributed by atoms with Gasteiger partial charge in [0.2, 0.25) is 0 Å². The Balaban J connectivity index is 2.16. The summed E-state index contributed by atoms with van der Waals surface area (Å²) in [5.74, 6) is 0. The monoisotopic (exact) mass is 340 g/mol. The van der Waals surface area contributed by atoms with Crippen LogP contribution in [0.3, 0.4) is 0 Å². The fourth-order valence-electron chi connectivity index (χ4n) is 2.67. The number of rotatable bonds is 3. The van der Waals surface area contributed by atoms with E-state index in [9.17, 15) is 0 Å². The van der Waals surface area contributed by atoms with Crippen LogP contribution in [-0.2, 0) is 0 Å². The molecule has 0 fully saturated rings. The molecule has 0 amide bonds. The molecule has 0 aliphatic heterocycles. The number of pyridine rings is 1. The normalized spacial score (nSPS) is 12.5. The molecule has 1 atom stereocenters. The number of aromatic nitrogens is 1. The second-order valence-corrected chi connectivity index (χ2v) is 6.00. The molecule has 3 aromatic rings. The summed E-state index contributed by atoms with van der Waals surface area (Å²) in [6.07, 6.45) is 1.84. The van der Waals surface area contributed by atoms with Gasteiger partial charge in [-0.3, -0.25) is 4.98 Å². The van der Waals surface area contributed by atoms with E-state index in [1.54, 1.807) is 0 Å². The number of nitrogens with one attached hydrogen (secondary N) is 1. The Kier molecular flexibility index (Phi) is 4.04. The Morgan fingerprint density at radius 1 is 1.10 bits per heavy atom. The lowest BCUT2D eigenvalue weighted by atomic mass is 9.95. The van der Waals surface area contributed by atoms with Crippen molar-refractivity contribution in [2.75, 3.05) is 7.05 Å². The average molecular weight is 341 g/mol. The van der Waals surface area contributed by atoms with Crippen molar-refractivity contribution in [3.8, 4) is 0 Å². The third kappa shape index (κ3) is 2.71. The van der Waals surface area contributed by atoms with E-state index in [2.05, 4.69) is 75.6 Å². The first-order chi connectivity index (χ1) is 10.2. The summed E-state index contributed by atoms with van der Waals surface area (Å²) in [7, 11) is 1.99. The van der Waals surface area contributed by atoms with Gasteiger partial charge in [0.15, 0.2) is 0 Å². The van der Waals surface area contributed by atoms with Crippen molar-refractivity contribution in [3.63, 3.8) is 0 Å². The second kappa shape index (κ2) is 5.96. The SMILES string of the molecule is CNC(c1ccc(C)c(Br)c1)c1cccc2ncccc12. The molecule has 2 nitrogen and oxygen atoms in total. The van der Waals surface area contributed by atoms with E-state index in [0.29, 0.717) is 0 Å². The minimum atomic E-state index is 0.148. The highest BCUT2D eigenvalue weighted by atomic mass is 79.9. The number of hydrogen-bond acceptors (Lipinski definition) is 2. The molecule has 1 N–H and O–H groups in total. The molecular weight excluding hydrogens is 324 g/mol. The highest BCUT2D eigenvalue weighted by Gasteiger charge is 2.15. The highest BCUT2D eigenvalue weighted by Crippen LogP contribution is 2.30. The first-order valence-corrected chi connectivity index (χ1v) is 7.77. The van der Waals surface area contributed by atoms with E-state index in [0.717, 1.165) is 9.99 Å². The molecule has 0 radical (unpaired) electrons.